The quantitative estimate of drug-likeness (QED) is 0.337. The average molecular weight is 335 g/mol. The summed E-state index contributed by atoms with van der Waals surface area (Å²) in [7, 11) is 0. The first kappa shape index (κ1) is 18.1. The molecule has 1 aliphatic carbocycles. The van der Waals surface area contributed by atoms with Gasteiger partial charge in [0.2, 0.25) is 0 Å². The van der Waals surface area contributed by atoms with Crippen molar-refractivity contribution < 1.29 is 18.8 Å². The minimum Gasteiger partial charge on any atom is -0.461 e. The van der Waals surface area contributed by atoms with Crippen LogP contribution in [0.3, 0.4) is 0 Å². The number of esters is 1. The van der Waals surface area contributed by atoms with Crippen molar-refractivity contribution >= 4 is 11.7 Å². The molecular weight excluding hydrogens is 313 g/mol. The molecule has 0 atom stereocenters. The zero-order chi connectivity index (χ0) is 17.9. The number of hydrogen-bond donors (Lipinski definition) is 0. The molecule has 0 unspecified atom stereocenters. The van der Waals surface area contributed by atoms with Crippen LogP contribution in [0.25, 0.3) is 0 Å². The van der Waals surface area contributed by atoms with Gasteiger partial charge in [0.1, 0.15) is 12.4 Å². The van der Waals surface area contributed by atoms with E-state index in [0.29, 0.717) is 24.0 Å². The number of benzene rings is 1. The molecule has 0 aromatic heterocycles. The number of halogens is 1. The number of carbonyl (C=O) groups is 1. The molecule has 0 aliphatic heterocycles. The van der Waals surface area contributed by atoms with Crippen LogP contribution >= 0.6 is 0 Å². The number of rotatable bonds is 6. The van der Waals surface area contributed by atoms with Gasteiger partial charge in [-0.3, -0.25) is 14.9 Å². The molecule has 1 aromatic carbocycles. The molecule has 24 heavy (non-hydrogen) atoms. The van der Waals surface area contributed by atoms with E-state index in [1.165, 1.54) is 6.07 Å². The van der Waals surface area contributed by atoms with Crippen molar-refractivity contribution in [3.8, 4) is 0 Å². The fourth-order valence-electron chi connectivity index (χ4n) is 3.25. The Bertz CT molecular complexity index is 678. The number of nitro groups is 1. The number of aryl methyl sites for hydroxylation is 1. The van der Waals surface area contributed by atoms with Crippen molar-refractivity contribution in [1.29, 1.82) is 0 Å². The molecule has 0 amide bonds. The zero-order valence-corrected chi connectivity index (χ0v) is 14.1. The summed E-state index contributed by atoms with van der Waals surface area (Å²) >= 11 is 0. The highest BCUT2D eigenvalue weighted by Gasteiger charge is 2.44. The molecule has 0 spiro atoms. The lowest BCUT2D eigenvalue weighted by atomic mass is 9.79. The summed E-state index contributed by atoms with van der Waals surface area (Å²) in [6.07, 6.45) is 3.18. The van der Waals surface area contributed by atoms with Gasteiger partial charge in [-0.1, -0.05) is 19.4 Å². The standard InChI is InChI=1S/C18H22FNO4/c1-12(2)11-24-17(21)18(6-4-5-7-18)10-14-8-13(3)15(19)9-16(14)20(22)23/h8-9H,1,4-7,10-11H2,2-3H3. The Morgan fingerprint density at radius 1 is 1.42 bits per heavy atom. The summed E-state index contributed by atoms with van der Waals surface area (Å²) in [5.74, 6) is -0.963. The maximum atomic E-state index is 13.7. The van der Waals surface area contributed by atoms with E-state index >= 15 is 0 Å². The van der Waals surface area contributed by atoms with Crippen molar-refractivity contribution in [2.45, 2.75) is 46.0 Å². The molecule has 5 nitrogen and oxygen atoms in total. The van der Waals surface area contributed by atoms with E-state index in [1.54, 1.807) is 13.8 Å². The number of carbonyl (C=O) groups excluding carboxylic acids is 1. The van der Waals surface area contributed by atoms with E-state index < -0.39 is 16.2 Å². The number of nitrogens with zero attached hydrogens (tertiary/aromatic N) is 1. The van der Waals surface area contributed by atoms with Gasteiger partial charge in [-0.25, -0.2) is 4.39 Å². The lowest BCUT2D eigenvalue weighted by Gasteiger charge is -2.27. The average Bonchev–Trinajstić information content (AvgIpc) is 2.97. The largest absolute Gasteiger partial charge is 0.461 e. The van der Waals surface area contributed by atoms with E-state index in [2.05, 4.69) is 6.58 Å². The number of ether oxygens (including phenoxy) is 1. The monoisotopic (exact) mass is 335 g/mol. The van der Waals surface area contributed by atoms with Gasteiger partial charge in [0.05, 0.1) is 16.4 Å². The van der Waals surface area contributed by atoms with E-state index in [0.717, 1.165) is 24.5 Å². The molecule has 0 bridgehead atoms. The lowest BCUT2D eigenvalue weighted by molar-refractivity contribution is -0.385. The highest BCUT2D eigenvalue weighted by Crippen LogP contribution is 2.43. The predicted molar refractivity (Wildman–Crippen MR) is 88.2 cm³/mol. The number of nitro benzene ring substituents is 1. The van der Waals surface area contributed by atoms with Crippen LogP contribution in [0.15, 0.2) is 24.3 Å². The van der Waals surface area contributed by atoms with E-state index in [9.17, 15) is 19.3 Å². The van der Waals surface area contributed by atoms with Gasteiger partial charge in [-0.05, 0) is 50.3 Å². The molecule has 2 rings (SSSR count). The van der Waals surface area contributed by atoms with E-state index in [-0.39, 0.29) is 24.7 Å². The third-order valence-corrected chi connectivity index (χ3v) is 4.53. The molecule has 1 fully saturated rings. The Morgan fingerprint density at radius 3 is 2.58 bits per heavy atom. The third kappa shape index (κ3) is 3.80. The molecule has 1 aliphatic rings. The van der Waals surface area contributed by atoms with Crippen molar-refractivity contribution in [1.82, 2.24) is 0 Å². The molecular formula is C18H22FNO4. The Kier molecular flexibility index (Phi) is 5.36. The van der Waals surface area contributed by atoms with Gasteiger partial charge >= 0.3 is 5.97 Å². The first-order chi connectivity index (χ1) is 11.2. The van der Waals surface area contributed by atoms with Crippen molar-refractivity contribution in [2.24, 2.45) is 5.41 Å². The second-order valence-corrected chi connectivity index (χ2v) is 6.68. The van der Waals surface area contributed by atoms with Crippen molar-refractivity contribution in [3.05, 3.63) is 51.3 Å². The summed E-state index contributed by atoms with van der Waals surface area (Å²) < 4.78 is 19.0. The summed E-state index contributed by atoms with van der Waals surface area (Å²) in [6, 6.07) is 2.41. The second-order valence-electron chi connectivity index (χ2n) is 6.68. The molecule has 0 saturated heterocycles. The Morgan fingerprint density at radius 2 is 2.04 bits per heavy atom. The van der Waals surface area contributed by atoms with Crippen molar-refractivity contribution in [2.75, 3.05) is 6.61 Å². The third-order valence-electron chi connectivity index (χ3n) is 4.53. The second kappa shape index (κ2) is 7.11. The minimum atomic E-state index is -0.773. The normalized spacial score (nSPS) is 16.0. The fraction of sp³-hybridized carbons (Fsp3) is 0.500. The molecule has 0 heterocycles. The van der Waals surface area contributed by atoms with Crippen molar-refractivity contribution in [3.63, 3.8) is 0 Å². The van der Waals surface area contributed by atoms with Gasteiger partial charge in [0, 0.05) is 5.56 Å². The maximum absolute atomic E-state index is 13.7. The van der Waals surface area contributed by atoms with Gasteiger partial charge in [0.15, 0.2) is 0 Å². The molecule has 0 radical (unpaired) electrons. The SMILES string of the molecule is C=C(C)COC(=O)C1(Cc2cc(C)c(F)cc2[N+](=O)[O-])CCCC1. The highest BCUT2D eigenvalue weighted by atomic mass is 19.1. The van der Waals surface area contributed by atoms with Crippen LogP contribution in [0.5, 0.6) is 0 Å². The van der Waals surface area contributed by atoms with Gasteiger partial charge in [-0.2, -0.15) is 0 Å². The first-order valence-corrected chi connectivity index (χ1v) is 8.00. The molecule has 1 aromatic rings. The van der Waals surface area contributed by atoms with E-state index in [1.807, 2.05) is 0 Å². The molecule has 0 N–H and O–H groups in total. The van der Waals surface area contributed by atoms with Crippen LogP contribution in [-0.4, -0.2) is 17.5 Å². The van der Waals surface area contributed by atoms with Crippen LogP contribution in [0.2, 0.25) is 0 Å². The van der Waals surface area contributed by atoms with Gasteiger partial charge < -0.3 is 4.74 Å². The summed E-state index contributed by atoms with van der Waals surface area (Å²) in [5, 5.41) is 11.3. The van der Waals surface area contributed by atoms with Gasteiger partial charge in [0.25, 0.3) is 5.69 Å². The van der Waals surface area contributed by atoms with Crippen LogP contribution in [0, 0.1) is 28.3 Å². The summed E-state index contributed by atoms with van der Waals surface area (Å²) in [4.78, 5) is 23.3. The lowest BCUT2D eigenvalue weighted by Crippen LogP contribution is -2.33. The zero-order valence-electron chi connectivity index (χ0n) is 14.1. The summed E-state index contributed by atoms with van der Waals surface area (Å²) in [5.41, 5.74) is 0.397. The van der Waals surface area contributed by atoms with Crippen LogP contribution in [-0.2, 0) is 16.0 Å². The van der Waals surface area contributed by atoms with Crippen LogP contribution in [0.1, 0.15) is 43.7 Å². The topological polar surface area (TPSA) is 69.4 Å². The van der Waals surface area contributed by atoms with Crippen LogP contribution in [0.4, 0.5) is 10.1 Å². The fourth-order valence-corrected chi connectivity index (χ4v) is 3.25. The predicted octanol–water partition coefficient (Wildman–Crippen LogP) is 4.26. The smallest absolute Gasteiger partial charge is 0.312 e. The summed E-state index contributed by atoms with van der Waals surface area (Å²) in [6.45, 7) is 7.18. The van der Waals surface area contributed by atoms with Gasteiger partial charge in [-0.15, -0.1) is 0 Å². The Labute approximate surface area is 140 Å². The van der Waals surface area contributed by atoms with Crippen LogP contribution < -0.4 is 0 Å². The molecule has 6 heteroatoms. The molecule has 1 saturated carbocycles. The Balaban J connectivity index is 2.34. The maximum Gasteiger partial charge on any atom is 0.312 e. The minimum absolute atomic E-state index is 0.144. The first-order valence-electron chi connectivity index (χ1n) is 8.00. The number of hydrogen-bond acceptors (Lipinski definition) is 4. The molecule has 130 valence electrons. The Hall–Kier alpha value is -2.24. The van der Waals surface area contributed by atoms with E-state index in [4.69, 9.17) is 4.74 Å². The highest BCUT2D eigenvalue weighted by molar-refractivity contribution is 5.78.